The standard InChI is InChI=1S/C7H10Cl2N4O4/c8-5-10-6(9)12-7(11-5)13(16-3-1-14)17-4-2-15/h14-15H,1-4H2. The van der Waals surface area contributed by atoms with Crippen LogP contribution >= 0.6 is 23.2 Å². The fraction of sp³-hybridized carbons (Fsp3) is 0.571. The van der Waals surface area contributed by atoms with Crippen LogP contribution in [0, 0.1) is 0 Å². The third-order valence-corrected chi connectivity index (χ3v) is 1.67. The Morgan fingerprint density at radius 3 is 1.82 bits per heavy atom. The van der Waals surface area contributed by atoms with Crippen LogP contribution in [0.4, 0.5) is 5.95 Å². The number of halogens is 2. The molecule has 0 saturated heterocycles. The first-order chi connectivity index (χ1) is 8.17. The highest BCUT2D eigenvalue weighted by Crippen LogP contribution is 2.14. The van der Waals surface area contributed by atoms with Crippen LogP contribution in [-0.4, -0.2) is 51.6 Å². The summed E-state index contributed by atoms with van der Waals surface area (Å²) in [5, 5.41) is 17.8. The van der Waals surface area contributed by atoms with Crippen LogP contribution in [-0.2, 0) is 9.68 Å². The lowest BCUT2D eigenvalue weighted by Gasteiger charge is -2.19. The predicted octanol–water partition coefficient (Wildman–Crippen LogP) is -0.167. The van der Waals surface area contributed by atoms with Crippen LogP contribution in [0.1, 0.15) is 0 Å². The summed E-state index contributed by atoms with van der Waals surface area (Å²) in [5.41, 5.74) is 0. The molecule has 2 N–H and O–H groups in total. The maximum Gasteiger partial charge on any atom is 0.283 e. The highest BCUT2D eigenvalue weighted by molar-refractivity contribution is 6.31. The van der Waals surface area contributed by atoms with Crippen molar-refractivity contribution in [3.05, 3.63) is 10.6 Å². The van der Waals surface area contributed by atoms with Gasteiger partial charge in [0.2, 0.25) is 10.6 Å². The van der Waals surface area contributed by atoms with Crippen molar-refractivity contribution in [2.45, 2.75) is 0 Å². The van der Waals surface area contributed by atoms with Gasteiger partial charge in [-0.15, -0.1) is 0 Å². The normalized spacial score (nSPS) is 10.6. The molecule has 0 spiro atoms. The molecular weight excluding hydrogens is 275 g/mol. The Balaban J connectivity index is 2.78. The predicted molar refractivity (Wildman–Crippen MR) is 58.4 cm³/mol. The van der Waals surface area contributed by atoms with E-state index in [-0.39, 0.29) is 42.9 Å². The van der Waals surface area contributed by atoms with E-state index >= 15 is 0 Å². The van der Waals surface area contributed by atoms with Crippen LogP contribution in [0.15, 0.2) is 0 Å². The summed E-state index contributed by atoms with van der Waals surface area (Å²) in [5.74, 6) is -0.0862. The van der Waals surface area contributed by atoms with E-state index < -0.39 is 0 Å². The molecule has 1 aromatic rings. The van der Waals surface area contributed by atoms with Gasteiger partial charge in [0.15, 0.2) is 0 Å². The van der Waals surface area contributed by atoms with Crippen molar-refractivity contribution in [2.24, 2.45) is 0 Å². The smallest absolute Gasteiger partial charge is 0.283 e. The van der Waals surface area contributed by atoms with Crippen LogP contribution in [0.2, 0.25) is 10.6 Å². The van der Waals surface area contributed by atoms with E-state index in [0.717, 1.165) is 5.23 Å². The van der Waals surface area contributed by atoms with Gasteiger partial charge in [0.25, 0.3) is 5.95 Å². The van der Waals surface area contributed by atoms with Crippen molar-refractivity contribution in [1.82, 2.24) is 15.0 Å². The fourth-order valence-electron chi connectivity index (χ4n) is 0.798. The molecule has 96 valence electrons. The SMILES string of the molecule is OCCON(OCCO)c1nc(Cl)nc(Cl)n1. The molecule has 0 saturated carbocycles. The number of hydrogen-bond donors (Lipinski definition) is 2. The summed E-state index contributed by atoms with van der Waals surface area (Å²) >= 11 is 11.2. The van der Waals surface area contributed by atoms with Gasteiger partial charge in [-0.1, -0.05) is 5.23 Å². The maximum absolute atomic E-state index is 8.63. The molecule has 0 amide bonds. The molecule has 10 heteroatoms. The zero-order valence-electron chi connectivity index (χ0n) is 8.58. The molecule has 8 nitrogen and oxygen atoms in total. The third kappa shape index (κ3) is 4.94. The van der Waals surface area contributed by atoms with Gasteiger partial charge in [0, 0.05) is 0 Å². The highest BCUT2D eigenvalue weighted by atomic mass is 35.5. The molecule has 1 heterocycles. The highest BCUT2D eigenvalue weighted by Gasteiger charge is 2.14. The van der Waals surface area contributed by atoms with Crippen molar-refractivity contribution in [3.8, 4) is 0 Å². The van der Waals surface area contributed by atoms with E-state index in [9.17, 15) is 0 Å². The molecule has 0 unspecified atom stereocenters. The van der Waals surface area contributed by atoms with Gasteiger partial charge in [-0.3, -0.25) is 0 Å². The van der Waals surface area contributed by atoms with Gasteiger partial charge in [-0.05, 0) is 23.2 Å². The van der Waals surface area contributed by atoms with E-state index in [1.165, 1.54) is 0 Å². The second-order valence-corrected chi connectivity index (χ2v) is 3.22. The van der Waals surface area contributed by atoms with E-state index in [0.29, 0.717) is 0 Å². The lowest BCUT2D eigenvalue weighted by molar-refractivity contribution is -0.106. The molecule has 0 aromatic carbocycles. The molecule has 0 aliphatic heterocycles. The molecular formula is C7H10Cl2N4O4. The molecule has 0 fully saturated rings. The third-order valence-electron chi connectivity index (χ3n) is 1.33. The Morgan fingerprint density at radius 1 is 0.941 bits per heavy atom. The average Bonchev–Trinajstić information content (AvgIpc) is 2.28. The minimum atomic E-state index is -0.231. The number of nitrogens with zero attached hydrogens (tertiary/aromatic N) is 4. The largest absolute Gasteiger partial charge is 0.394 e. The first kappa shape index (κ1) is 14.3. The summed E-state index contributed by atoms with van der Waals surface area (Å²) in [6.07, 6.45) is 0. The number of aliphatic hydroxyl groups is 2. The molecule has 0 aliphatic rings. The van der Waals surface area contributed by atoms with Crippen LogP contribution in [0.25, 0.3) is 0 Å². The number of hydrogen-bond acceptors (Lipinski definition) is 8. The van der Waals surface area contributed by atoms with E-state index in [1.807, 2.05) is 0 Å². The Morgan fingerprint density at radius 2 is 1.41 bits per heavy atom. The first-order valence-corrected chi connectivity index (χ1v) is 5.27. The summed E-state index contributed by atoms with van der Waals surface area (Å²) in [4.78, 5) is 20.9. The van der Waals surface area contributed by atoms with Gasteiger partial charge >= 0.3 is 0 Å². The van der Waals surface area contributed by atoms with Crippen molar-refractivity contribution < 1.29 is 19.9 Å². The molecule has 1 rings (SSSR count). The maximum atomic E-state index is 8.63. The van der Waals surface area contributed by atoms with Crippen LogP contribution in [0.5, 0.6) is 0 Å². The Bertz CT molecular complexity index is 328. The summed E-state index contributed by atoms with van der Waals surface area (Å²) in [6, 6.07) is 0. The second kappa shape index (κ2) is 7.54. The average molecular weight is 285 g/mol. The molecule has 0 atom stereocenters. The molecule has 0 aliphatic carbocycles. The molecule has 17 heavy (non-hydrogen) atoms. The second-order valence-electron chi connectivity index (χ2n) is 2.54. The van der Waals surface area contributed by atoms with Gasteiger partial charge in [-0.2, -0.15) is 15.0 Å². The number of anilines is 1. The van der Waals surface area contributed by atoms with Gasteiger partial charge in [0.05, 0.1) is 13.2 Å². The quantitative estimate of drug-likeness (QED) is 0.666. The Kier molecular flexibility index (Phi) is 6.34. The van der Waals surface area contributed by atoms with Crippen molar-refractivity contribution in [2.75, 3.05) is 31.7 Å². The topological polar surface area (TPSA) is 101 Å². The zero-order valence-corrected chi connectivity index (χ0v) is 10.1. The van der Waals surface area contributed by atoms with Gasteiger partial charge < -0.3 is 10.2 Å². The molecule has 0 bridgehead atoms. The number of aliphatic hydroxyl groups excluding tert-OH is 2. The van der Waals surface area contributed by atoms with Gasteiger partial charge in [-0.25, -0.2) is 9.68 Å². The fourth-order valence-corrected chi connectivity index (χ4v) is 1.15. The minimum Gasteiger partial charge on any atom is -0.394 e. The number of aromatic nitrogens is 3. The number of rotatable bonds is 7. The molecule has 1 aromatic heterocycles. The van der Waals surface area contributed by atoms with E-state index in [2.05, 4.69) is 15.0 Å². The van der Waals surface area contributed by atoms with Gasteiger partial charge in [0.1, 0.15) is 13.2 Å². The lowest BCUT2D eigenvalue weighted by atomic mass is 10.8. The van der Waals surface area contributed by atoms with Crippen molar-refractivity contribution in [3.63, 3.8) is 0 Å². The molecule has 0 radical (unpaired) electrons. The Labute approximate surface area is 107 Å². The van der Waals surface area contributed by atoms with Crippen LogP contribution in [0.3, 0.4) is 0 Å². The van der Waals surface area contributed by atoms with E-state index in [1.54, 1.807) is 0 Å². The summed E-state index contributed by atoms with van der Waals surface area (Å²) < 4.78 is 0. The van der Waals surface area contributed by atoms with Crippen molar-refractivity contribution >= 4 is 29.2 Å². The lowest BCUT2D eigenvalue weighted by Crippen LogP contribution is -2.29. The first-order valence-electron chi connectivity index (χ1n) is 4.52. The monoisotopic (exact) mass is 284 g/mol. The Hall–Kier alpha value is -0.770. The minimum absolute atomic E-state index is 0.0493. The van der Waals surface area contributed by atoms with Crippen molar-refractivity contribution in [1.29, 1.82) is 0 Å². The van der Waals surface area contributed by atoms with E-state index in [4.69, 9.17) is 43.1 Å². The summed E-state index contributed by atoms with van der Waals surface area (Å²) in [7, 11) is 0. The summed E-state index contributed by atoms with van der Waals surface area (Å²) in [6.45, 7) is -0.560. The van der Waals surface area contributed by atoms with Crippen LogP contribution < -0.4 is 5.23 Å². The zero-order chi connectivity index (χ0) is 12.7.